The second-order valence-corrected chi connectivity index (χ2v) is 6.25. The number of piperidine rings is 1. The van der Waals surface area contributed by atoms with Crippen LogP contribution < -0.4 is 4.90 Å². The minimum atomic E-state index is -0.866. The molecular formula is C16H19N5O2. The van der Waals surface area contributed by atoms with Gasteiger partial charge in [-0.25, -0.2) is 9.78 Å². The minimum absolute atomic E-state index is 0.270. The number of aromatic carboxylic acids is 1. The summed E-state index contributed by atoms with van der Waals surface area (Å²) in [6, 6.07) is 0.270. The van der Waals surface area contributed by atoms with E-state index in [-0.39, 0.29) is 6.04 Å². The highest BCUT2D eigenvalue weighted by Crippen LogP contribution is 2.43. The lowest BCUT2D eigenvalue weighted by Crippen LogP contribution is -2.35. The van der Waals surface area contributed by atoms with E-state index in [2.05, 4.69) is 20.0 Å². The van der Waals surface area contributed by atoms with Gasteiger partial charge in [-0.3, -0.25) is 9.67 Å². The third-order valence-electron chi connectivity index (χ3n) is 4.71. The molecule has 3 heterocycles. The molecule has 0 radical (unpaired) electrons. The maximum atomic E-state index is 11.4. The quantitative estimate of drug-likeness (QED) is 0.930. The molecule has 23 heavy (non-hydrogen) atoms. The Morgan fingerprint density at radius 1 is 1.13 bits per heavy atom. The van der Waals surface area contributed by atoms with Crippen LogP contribution in [0.3, 0.4) is 0 Å². The molecular weight excluding hydrogens is 294 g/mol. The number of nitrogens with zero attached hydrogens (tertiary/aromatic N) is 5. The Kier molecular flexibility index (Phi) is 3.48. The van der Waals surface area contributed by atoms with Crippen molar-refractivity contribution in [2.45, 2.75) is 37.6 Å². The van der Waals surface area contributed by atoms with Crippen molar-refractivity contribution in [1.82, 2.24) is 19.7 Å². The van der Waals surface area contributed by atoms with Crippen molar-refractivity contribution >= 4 is 11.8 Å². The zero-order chi connectivity index (χ0) is 15.8. The first-order valence-corrected chi connectivity index (χ1v) is 8.05. The molecule has 0 aromatic carbocycles. The molecule has 1 aliphatic carbocycles. The summed E-state index contributed by atoms with van der Waals surface area (Å²) in [5, 5.41) is 13.8. The normalized spacial score (nSPS) is 19.0. The summed E-state index contributed by atoms with van der Waals surface area (Å²) in [5.41, 5.74) is 1.30. The highest BCUT2D eigenvalue weighted by molar-refractivity contribution is 5.89. The van der Waals surface area contributed by atoms with Gasteiger partial charge in [0.25, 0.3) is 0 Å². The molecule has 1 saturated carbocycles. The molecule has 0 amide bonds. The van der Waals surface area contributed by atoms with Gasteiger partial charge in [0.1, 0.15) is 11.4 Å². The summed E-state index contributed by atoms with van der Waals surface area (Å²) in [5.74, 6) is 0.414. The van der Waals surface area contributed by atoms with Gasteiger partial charge in [0.05, 0.1) is 24.1 Å². The van der Waals surface area contributed by atoms with Crippen molar-refractivity contribution in [2.75, 3.05) is 18.0 Å². The smallest absolute Gasteiger partial charge is 0.339 e. The van der Waals surface area contributed by atoms with Crippen molar-refractivity contribution in [3.8, 4) is 0 Å². The zero-order valence-corrected chi connectivity index (χ0v) is 12.8. The average Bonchev–Trinajstić information content (AvgIpc) is 3.33. The average molecular weight is 313 g/mol. The molecule has 0 unspecified atom stereocenters. The lowest BCUT2D eigenvalue weighted by Gasteiger charge is -2.33. The molecule has 7 nitrogen and oxygen atoms in total. The van der Waals surface area contributed by atoms with Crippen molar-refractivity contribution in [2.24, 2.45) is 0 Å². The first-order chi connectivity index (χ1) is 11.2. The molecule has 0 atom stereocenters. The van der Waals surface area contributed by atoms with Crippen LogP contribution in [0.5, 0.6) is 0 Å². The van der Waals surface area contributed by atoms with Crippen LogP contribution in [0.15, 0.2) is 24.8 Å². The van der Waals surface area contributed by atoms with Gasteiger partial charge in [-0.2, -0.15) is 5.10 Å². The van der Waals surface area contributed by atoms with Gasteiger partial charge < -0.3 is 10.0 Å². The van der Waals surface area contributed by atoms with Crippen LogP contribution >= 0.6 is 0 Å². The zero-order valence-electron chi connectivity index (χ0n) is 12.8. The van der Waals surface area contributed by atoms with E-state index >= 15 is 0 Å². The van der Waals surface area contributed by atoms with Crippen LogP contribution in [-0.4, -0.2) is 43.9 Å². The maximum Gasteiger partial charge on any atom is 0.339 e. The van der Waals surface area contributed by atoms with Crippen LogP contribution in [0.25, 0.3) is 0 Å². The maximum absolute atomic E-state index is 11.4. The third-order valence-corrected chi connectivity index (χ3v) is 4.71. The summed E-state index contributed by atoms with van der Waals surface area (Å²) >= 11 is 0. The molecule has 120 valence electrons. The van der Waals surface area contributed by atoms with Crippen LogP contribution in [0.2, 0.25) is 0 Å². The summed E-state index contributed by atoms with van der Waals surface area (Å²) in [4.78, 5) is 22.1. The van der Waals surface area contributed by atoms with Gasteiger partial charge in [0.15, 0.2) is 0 Å². The predicted molar refractivity (Wildman–Crippen MR) is 83.7 cm³/mol. The Hall–Kier alpha value is -2.44. The van der Waals surface area contributed by atoms with Gasteiger partial charge in [-0.1, -0.05) is 0 Å². The largest absolute Gasteiger partial charge is 0.478 e. The van der Waals surface area contributed by atoms with Crippen LogP contribution in [0.1, 0.15) is 53.7 Å². The van der Waals surface area contributed by atoms with Crippen molar-refractivity contribution in [3.05, 3.63) is 36.0 Å². The van der Waals surface area contributed by atoms with Gasteiger partial charge in [-0.15, -0.1) is 0 Å². The van der Waals surface area contributed by atoms with Crippen molar-refractivity contribution < 1.29 is 9.90 Å². The summed E-state index contributed by atoms with van der Waals surface area (Å²) in [7, 11) is 0. The molecule has 2 fully saturated rings. The monoisotopic (exact) mass is 313 g/mol. The first kappa shape index (κ1) is 14.2. The summed E-state index contributed by atoms with van der Waals surface area (Å²) in [6.07, 6.45) is 10.7. The lowest BCUT2D eigenvalue weighted by molar-refractivity contribution is 0.0695. The first-order valence-electron chi connectivity index (χ1n) is 8.05. The molecule has 1 aliphatic heterocycles. The number of anilines is 1. The van der Waals surface area contributed by atoms with Crippen molar-refractivity contribution in [1.29, 1.82) is 0 Å². The predicted octanol–water partition coefficient (Wildman–Crippen LogP) is 2.09. The highest BCUT2D eigenvalue weighted by atomic mass is 16.4. The fraction of sp³-hybridized carbons (Fsp3) is 0.500. The molecule has 2 aromatic rings. The Morgan fingerprint density at radius 3 is 2.52 bits per heavy atom. The van der Waals surface area contributed by atoms with Crippen LogP contribution in [0, 0.1) is 0 Å². The third kappa shape index (κ3) is 2.67. The lowest BCUT2D eigenvalue weighted by atomic mass is 10.0. The summed E-state index contributed by atoms with van der Waals surface area (Å²) in [6.45, 7) is 1.77. The fourth-order valence-corrected chi connectivity index (χ4v) is 3.39. The van der Waals surface area contributed by atoms with Gasteiger partial charge in [0.2, 0.25) is 0 Å². The molecule has 0 spiro atoms. The van der Waals surface area contributed by atoms with Gasteiger partial charge in [0, 0.05) is 31.4 Å². The topological polar surface area (TPSA) is 84.1 Å². The van der Waals surface area contributed by atoms with Crippen molar-refractivity contribution in [3.63, 3.8) is 0 Å². The van der Waals surface area contributed by atoms with Gasteiger partial charge >= 0.3 is 5.97 Å². The van der Waals surface area contributed by atoms with Crippen LogP contribution in [0.4, 0.5) is 5.82 Å². The second kappa shape index (κ2) is 5.64. The molecule has 2 aliphatic rings. The number of rotatable bonds is 4. The number of carboxylic acid groups (broad SMARTS) is 1. The van der Waals surface area contributed by atoms with E-state index in [0.717, 1.165) is 50.3 Å². The van der Waals surface area contributed by atoms with E-state index < -0.39 is 5.97 Å². The number of hydrogen-bond acceptors (Lipinski definition) is 5. The Bertz CT molecular complexity index is 703. The van der Waals surface area contributed by atoms with E-state index in [1.165, 1.54) is 6.20 Å². The van der Waals surface area contributed by atoms with E-state index in [1.807, 2.05) is 4.68 Å². The van der Waals surface area contributed by atoms with E-state index in [0.29, 0.717) is 11.5 Å². The molecule has 0 bridgehead atoms. The Balaban J connectivity index is 1.52. The second-order valence-electron chi connectivity index (χ2n) is 6.25. The van der Waals surface area contributed by atoms with E-state index in [9.17, 15) is 9.90 Å². The fourth-order valence-electron chi connectivity index (χ4n) is 3.39. The number of aromatic nitrogens is 4. The standard InChI is InChI=1S/C16H19N5O2/c22-16(23)13-9-19-21(15(13)11-1-2-11)12-3-7-20(8-4-12)14-10-17-5-6-18-14/h5-6,9-12H,1-4,7-8H2,(H,22,23). The molecule has 1 N–H and O–H groups in total. The molecule has 2 aromatic heterocycles. The van der Waals surface area contributed by atoms with Crippen LogP contribution in [-0.2, 0) is 0 Å². The summed E-state index contributed by atoms with van der Waals surface area (Å²) < 4.78 is 1.98. The van der Waals surface area contributed by atoms with E-state index in [4.69, 9.17) is 0 Å². The Labute approximate surface area is 134 Å². The molecule has 1 saturated heterocycles. The number of hydrogen-bond donors (Lipinski definition) is 1. The molecule has 4 rings (SSSR count). The number of carbonyl (C=O) groups is 1. The highest BCUT2D eigenvalue weighted by Gasteiger charge is 2.35. The number of carboxylic acids is 1. The van der Waals surface area contributed by atoms with E-state index in [1.54, 1.807) is 18.6 Å². The molecule has 7 heteroatoms. The SMILES string of the molecule is O=C(O)c1cnn(C2CCN(c3cnccn3)CC2)c1C1CC1. The van der Waals surface area contributed by atoms with Gasteiger partial charge in [-0.05, 0) is 25.7 Å². The minimum Gasteiger partial charge on any atom is -0.478 e. The Morgan fingerprint density at radius 2 is 1.91 bits per heavy atom.